The fourth-order valence-corrected chi connectivity index (χ4v) is 6.29. The first-order chi connectivity index (χ1) is 5.81. The van der Waals surface area contributed by atoms with Gasteiger partial charge in [-0.15, -0.1) is 0 Å². The predicted molar refractivity (Wildman–Crippen MR) is 61.7 cm³/mol. The Bertz CT molecular complexity index is 141. The molecule has 0 aliphatic rings. The van der Waals surface area contributed by atoms with Crippen LogP contribution in [-0.4, -0.2) is 17.8 Å². The van der Waals surface area contributed by atoms with Gasteiger partial charge in [0.05, 0.1) is 0 Å². The minimum absolute atomic E-state index is 1.25. The van der Waals surface area contributed by atoms with Gasteiger partial charge in [-0.2, -0.15) is 0 Å². The molecule has 0 aromatic rings. The van der Waals surface area contributed by atoms with Gasteiger partial charge in [0.25, 0.3) is 0 Å². The standard InChI is InChI=1S/C6H11.C4H9.S.Sn/c1-3-5-6-4-2;1-3-4-2;;/h1,3H,4-6H2,2H3;1,3-4H2,2H3;;. The van der Waals surface area contributed by atoms with Gasteiger partial charge in [-0.05, 0) is 0 Å². The molecule has 0 saturated heterocycles. The van der Waals surface area contributed by atoms with Crippen molar-refractivity contribution in [2.24, 2.45) is 0 Å². The van der Waals surface area contributed by atoms with E-state index in [0.717, 1.165) is 0 Å². The Morgan fingerprint density at radius 3 is 2.42 bits per heavy atom. The second kappa shape index (κ2) is 9.84. The van der Waals surface area contributed by atoms with Gasteiger partial charge >= 0.3 is 87.7 Å². The van der Waals surface area contributed by atoms with Crippen LogP contribution in [0, 0.1) is 0 Å². The van der Waals surface area contributed by atoms with Crippen LogP contribution in [0.3, 0.4) is 0 Å². The molecular formula is C10H20SSn. The van der Waals surface area contributed by atoms with Gasteiger partial charge in [0.1, 0.15) is 0 Å². The number of hydrogen-bond acceptors (Lipinski definition) is 1. The van der Waals surface area contributed by atoms with Crippen LogP contribution in [0.2, 0.25) is 4.44 Å². The van der Waals surface area contributed by atoms with Gasteiger partial charge < -0.3 is 0 Å². The van der Waals surface area contributed by atoms with Crippen LogP contribution in [0.4, 0.5) is 0 Å². The summed E-state index contributed by atoms with van der Waals surface area (Å²) in [7, 11) is 5.46. The van der Waals surface area contributed by atoms with Gasteiger partial charge in [0.15, 0.2) is 0 Å². The van der Waals surface area contributed by atoms with Crippen LogP contribution >= 0.6 is 9.29 Å². The van der Waals surface area contributed by atoms with E-state index >= 15 is 0 Å². The summed E-state index contributed by atoms with van der Waals surface area (Å²) < 4.78 is 3.76. The second-order valence-electron chi connectivity index (χ2n) is 3.11. The van der Waals surface area contributed by atoms with E-state index in [-0.39, 0.29) is 0 Å². The first-order valence-electron chi connectivity index (χ1n) is 5.00. The maximum absolute atomic E-state index is 5.46. The molecule has 0 unspecified atom stereocenters. The van der Waals surface area contributed by atoms with Crippen molar-refractivity contribution in [3.05, 3.63) is 10.2 Å². The fraction of sp³-hybridized carbons (Fsp3) is 0.800. The summed E-state index contributed by atoms with van der Waals surface area (Å²) >= 11 is -1.37. The topological polar surface area (TPSA) is 0 Å². The summed E-state index contributed by atoms with van der Waals surface area (Å²) in [6.07, 6.45) is 8.88. The average Bonchev–Trinajstić information content (AvgIpc) is 2.09. The molecule has 0 N–H and O–H groups in total. The summed E-state index contributed by atoms with van der Waals surface area (Å²) in [4.78, 5) is 0. The number of allylic oxidation sites excluding steroid dienone is 1. The molecule has 0 amide bonds. The van der Waals surface area contributed by atoms with Gasteiger partial charge in [-0.1, -0.05) is 0 Å². The first kappa shape index (κ1) is 12.8. The van der Waals surface area contributed by atoms with Gasteiger partial charge in [0, 0.05) is 0 Å². The Hall–Kier alpha value is 0.759. The molecule has 0 fully saturated rings. The van der Waals surface area contributed by atoms with E-state index in [1.54, 1.807) is 0 Å². The molecule has 0 nitrogen and oxygen atoms in total. The Morgan fingerprint density at radius 2 is 1.83 bits per heavy atom. The van der Waals surface area contributed by atoms with Crippen LogP contribution in [0.25, 0.3) is 0 Å². The van der Waals surface area contributed by atoms with Crippen molar-refractivity contribution in [3.63, 3.8) is 0 Å². The molecule has 0 bridgehead atoms. The third kappa shape index (κ3) is 8.85. The molecule has 0 rings (SSSR count). The van der Waals surface area contributed by atoms with E-state index in [1.807, 2.05) is 0 Å². The number of rotatable bonds is 7. The molecule has 12 heavy (non-hydrogen) atoms. The summed E-state index contributed by atoms with van der Waals surface area (Å²) in [5.41, 5.74) is 0. The number of hydrogen-bond donors (Lipinski definition) is 0. The predicted octanol–water partition coefficient (Wildman–Crippen LogP) is 4.26. The second-order valence-corrected chi connectivity index (χ2v) is 11.7. The van der Waals surface area contributed by atoms with E-state index in [2.05, 4.69) is 24.0 Å². The Labute approximate surface area is 87.3 Å². The molecule has 0 atom stereocenters. The summed E-state index contributed by atoms with van der Waals surface area (Å²) in [6.45, 7) is 4.48. The third-order valence-electron chi connectivity index (χ3n) is 1.80. The molecule has 0 aliphatic heterocycles. The molecule has 0 aromatic carbocycles. The quantitative estimate of drug-likeness (QED) is 0.499. The zero-order valence-electron chi connectivity index (χ0n) is 8.31. The van der Waals surface area contributed by atoms with Crippen LogP contribution in [-0.2, 0) is 0 Å². The molecule has 0 spiro atoms. The molecule has 0 saturated carbocycles. The van der Waals surface area contributed by atoms with E-state index in [4.69, 9.17) is 9.29 Å². The molecule has 0 aliphatic carbocycles. The van der Waals surface area contributed by atoms with Crippen LogP contribution < -0.4 is 0 Å². The van der Waals surface area contributed by atoms with Crippen LogP contribution in [0.5, 0.6) is 0 Å². The van der Waals surface area contributed by atoms with E-state index in [0.29, 0.717) is 0 Å². The van der Waals surface area contributed by atoms with Crippen molar-refractivity contribution >= 4 is 27.1 Å². The molecule has 0 aromatic heterocycles. The summed E-state index contributed by atoms with van der Waals surface area (Å²) in [5.74, 6) is 0. The fourth-order valence-electron chi connectivity index (χ4n) is 0.971. The van der Waals surface area contributed by atoms with Crippen molar-refractivity contribution in [1.82, 2.24) is 0 Å². The number of unbranched alkanes of at least 4 members (excludes halogenated alkanes) is 3. The molecule has 0 radical (unpaired) electrons. The van der Waals surface area contributed by atoms with Gasteiger partial charge in [-0.3, -0.25) is 0 Å². The van der Waals surface area contributed by atoms with Crippen molar-refractivity contribution in [1.29, 1.82) is 0 Å². The maximum atomic E-state index is 5.46. The van der Waals surface area contributed by atoms with Crippen molar-refractivity contribution in [2.45, 2.75) is 50.4 Å². The normalized spacial score (nSPS) is 10.8. The minimum atomic E-state index is -1.37. The third-order valence-corrected chi connectivity index (χ3v) is 8.24. The van der Waals surface area contributed by atoms with Gasteiger partial charge in [0.2, 0.25) is 0 Å². The van der Waals surface area contributed by atoms with Crippen LogP contribution in [0.15, 0.2) is 10.2 Å². The SMILES string of the molecule is CCCCC=[CH][Sn](=[S])[CH2]CCC. The zero-order valence-corrected chi connectivity index (χ0v) is 12.0. The van der Waals surface area contributed by atoms with Crippen molar-refractivity contribution in [2.75, 3.05) is 0 Å². The summed E-state index contributed by atoms with van der Waals surface area (Å²) in [5, 5.41) is 0. The van der Waals surface area contributed by atoms with E-state index < -0.39 is 17.8 Å². The van der Waals surface area contributed by atoms with Crippen molar-refractivity contribution in [3.8, 4) is 0 Å². The Morgan fingerprint density at radius 1 is 1.17 bits per heavy atom. The summed E-state index contributed by atoms with van der Waals surface area (Å²) in [6, 6.07) is 0. The zero-order chi connectivity index (χ0) is 9.23. The van der Waals surface area contributed by atoms with Crippen LogP contribution in [0.1, 0.15) is 46.0 Å². The molecule has 0 heterocycles. The molecular weight excluding hydrogens is 271 g/mol. The average molecular weight is 291 g/mol. The van der Waals surface area contributed by atoms with E-state index in [9.17, 15) is 0 Å². The Kier molecular flexibility index (Phi) is 10.5. The first-order valence-corrected chi connectivity index (χ1v) is 12.6. The Balaban J connectivity index is 3.34. The van der Waals surface area contributed by atoms with Crippen molar-refractivity contribution < 1.29 is 0 Å². The van der Waals surface area contributed by atoms with E-state index in [1.165, 1.54) is 36.5 Å². The molecule has 70 valence electrons. The monoisotopic (exact) mass is 292 g/mol. The van der Waals surface area contributed by atoms with Gasteiger partial charge in [-0.25, -0.2) is 0 Å². The molecule has 2 heteroatoms.